The molecule has 3 aliphatic rings. The summed E-state index contributed by atoms with van der Waals surface area (Å²) in [5.41, 5.74) is 0.568. The van der Waals surface area contributed by atoms with Crippen LogP contribution in [0.25, 0.3) is 0 Å². The van der Waals surface area contributed by atoms with Crippen molar-refractivity contribution >= 4 is 12.1 Å². The number of esters is 1. The fraction of sp³-hybridized carbons (Fsp3) is 0.556. The van der Waals surface area contributed by atoms with E-state index in [0.29, 0.717) is 25.0 Å². The minimum atomic E-state index is -0.376. The van der Waals surface area contributed by atoms with Gasteiger partial charge in [-0.25, -0.2) is 9.59 Å². The lowest BCUT2D eigenvalue weighted by molar-refractivity contribution is -0.0102. The average molecular weight is 331 g/mol. The molecule has 24 heavy (non-hydrogen) atoms. The molecule has 1 saturated heterocycles. The first-order chi connectivity index (χ1) is 11.7. The minimum Gasteiger partial charge on any atom is -0.459 e. The molecule has 2 aliphatic carbocycles. The molecule has 4 rings (SSSR count). The Bertz CT molecular complexity index is 616. The van der Waals surface area contributed by atoms with Gasteiger partial charge < -0.3 is 19.5 Å². The number of amides is 1. The van der Waals surface area contributed by atoms with Crippen molar-refractivity contribution in [1.82, 2.24) is 5.32 Å². The number of carbonyl (C=O) groups is 2. The van der Waals surface area contributed by atoms with E-state index in [1.54, 1.807) is 19.1 Å². The molecule has 2 bridgehead atoms. The third-order valence-corrected chi connectivity index (χ3v) is 5.24. The zero-order valence-electron chi connectivity index (χ0n) is 13.5. The van der Waals surface area contributed by atoms with Crippen molar-refractivity contribution in [3.63, 3.8) is 0 Å². The Balaban J connectivity index is 1.39. The Morgan fingerprint density at radius 1 is 1.17 bits per heavy atom. The molecule has 0 radical (unpaired) electrons. The van der Waals surface area contributed by atoms with E-state index in [2.05, 4.69) is 5.32 Å². The first-order valence-electron chi connectivity index (χ1n) is 8.52. The molecule has 6 heteroatoms. The molecule has 1 heterocycles. The van der Waals surface area contributed by atoms with Crippen molar-refractivity contribution < 1.29 is 23.8 Å². The van der Waals surface area contributed by atoms with Crippen molar-refractivity contribution in [2.45, 2.75) is 44.1 Å². The quantitative estimate of drug-likeness (QED) is 0.675. The largest absolute Gasteiger partial charge is 0.459 e. The lowest BCUT2D eigenvalue weighted by Gasteiger charge is -2.37. The highest BCUT2D eigenvalue weighted by Gasteiger charge is 2.65. The number of rotatable bonds is 4. The van der Waals surface area contributed by atoms with Crippen molar-refractivity contribution in [3.05, 3.63) is 35.9 Å². The van der Waals surface area contributed by atoms with E-state index < -0.39 is 0 Å². The maximum absolute atomic E-state index is 12.2. The molecular weight excluding hydrogens is 310 g/mol. The van der Waals surface area contributed by atoms with Crippen LogP contribution in [0.4, 0.5) is 4.79 Å². The van der Waals surface area contributed by atoms with Gasteiger partial charge in [-0.1, -0.05) is 18.2 Å². The van der Waals surface area contributed by atoms with Crippen molar-refractivity contribution in [2.24, 2.45) is 11.8 Å². The molecule has 0 spiro atoms. The zero-order valence-corrected chi connectivity index (χ0v) is 13.5. The first kappa shape index (κ1) is 15.4. The monoisotopic (exact) mass is 331 g/mol. The summed E-state index contributed by atoms with van der Waals surface area (Å²) in [5.74, 6) is 0.0878. The number of carbonyl (C=O) groups excluding carboxylic acids is 2. The van der Waals surface area contributed by atoms with Crippen LogP contribution >= 0.6 is 0 Å². The molecule has 1 amide bonds. The predicted molar refractivity (Wildman–Crippen MR) is 84.5 cm³/mol. The number of fused-ring (bicyclic) bond motifs is 5. The van der Waals surface area contributed by atoms with Gasteiger partial charge in [0.25, 0.3) is 0 Å². The smallest absolute Gasteiger partial charge is 0.407 e. The van der Waals surface area contributed by atoms with Crippen LogP contribution in [0.2, 0.25) is 0 Å². The van der Waals surface area contributed by atoms with E-state index in [1.165, 1.54) is 0 Å². The second-order valence-electron chi connectivity index (χ2n) is 6.65. The maximum atomic E-state index is 12.2. The second kappa shape index (κ2) is 6.09. The topological polar surface area (TPSA) is 77.2 Å². The average Bonchev–Trinajstić information content (AvgIpc) is 3.33. The van der Waals surface area contributed by atoms with Gasteiger partial charge in [-0.05, 0) is 31.9 Å². The van der Waals surface area contributed by atoms with Crippen molar-refractivity contribution in [1.29, 1.82) is 0 Å². The van der Waals surface area contributed by atoms with E-state index in [9.17, 15) is 9.59 Å². The maximum Gasteiger partial charge on any atom is 0.407 e. The Hall–Kier alpha value is -2.08. The van der Waals surface area contributed by atoms with Gasteiger partial charge in [0.1, 0.15) is 6.10 Å². The van der Waals surface area contributed by atoms with Gasteiger partial charge in [0.15, 0.2) is 0 Å². The number of epoxide rings is 1. The molecular formula is C18H21NO5. The van der Waals surface area contributed by atoms with Crippen LogP contribution in [0.3, 0.4) is 0 Å². The summed E-state index contributed by atoms with van der Waals surface area (Å²) in [7, 11) is 0. The summed E-state index contributed by atoms with van der Waals surface area (Å²) in [5, 5.41) is 2.97. The highest BCUT2D eigenvalue weighted by Crippen LogP contribution is 2.54. The van der Waals surface area contributed by atoms with Gasteiger partial charge in [0, 0.05) is 17.9 Å². The minimum absolute atomic E-state index is 0.0551. The summed E-state index contributed by atoms with van der Waals surface area (Å²) in [6, 6.07) is 9.08. The molecule has 4 atom stereocenters. The fourth-order valence-corrected chi connectivity index (χ4v) is 4.23. The summed E-state index contributed by atoms with van der Waals surface area (Å²) in [6.45, 7) is 2.14. The fourth-order valence-electron chi connectivity index (χ4n) is 4.23. The van der Waals surface area contributed by atoms with Crippen LogP contribution in [0, 0.1) is 11.8 Å². The van der Waals surface area contributed by atoms with Crippen LogP contribution in [-0.2, 0) is 14.2 Å². The highest BCUT2D eigenvalue weighted by molar-refractivity contribution is 5.89. The summed E-state index contributed by atoms with van der Waals surface area (Å²) in [6.07, 6.45) is 1.30. The van der Waals surface area contributed by atoms with E-state index in [-0.39, 0.29) is 48.3 Å². The van der Waals surface area contributed by atoms with E-state index in [4.69, 9.17) is 14.2 Å². The number of benzene rings is 1. The normalized spacial score (nSPS) is 35.7. The lowest BCUT2D eigenvalue weighted by Crippen LogP contribution is -2.50. The third-order valence-electron chi connectivity index (χ3n) is 5.24. The van der Waals surface area contributed by atoms with Crippen LogP contribution < -0.4 is 5.32 Å². The SMILES string of the molecule is CCOC(=O)NC1C2CC(OC(=O)c3ccccc3)CC1C1OC21. The standard InChI is InChI=1S/C18H21NO5/c1-2-22-18(21)19-14-12-8-11(9-13(14)16-15(12)24-16)23-17(20)10-6-4-3-5-7-10/h3-7,11-16H,2,8-9H2,1H3,(H,19,21). The molecule has 6 nitrogen and oxygen atoms in total. The molecule has 1 aromatic rings. The molecule has 1 aliphatic heterocycles. The zero-order chi connectivity index (χ0) is 16.7. The number of alkyl carbamates (subject to hydrolysis) is 1. The van der Waals surface area contributed by atoms with Gasteiger partial charge in [0.05, 0.1) is 24.4 Å². The summed E-state index contributed by atoms with van der Waals surface area (Å²) >= 11 is 0. The van der Waals surface area contributed by atoms with Gasteiger partial charge in [-0.15, -0.1) is 0 Å². The molecule has 128 valence electrons. The molecule has 2 saturated carbocycles. The van der Waals surface area contributed by atoms with Crippen molar-refractivity contribution in [3.8, 4) is 0 Å². The van der Waals surface area contributed by atoms with Crippen LogP contribution in [0.5, 0.6) is 0 Å². The molecule has 4 unspecified atom stereocenters. The predicted octanol–water partition coefficient (Wildman–Crippen LogP) is 2.13. The Kier molecular flexibility index (Phi) is 3.92. The van der Waals surface area contributed by atoms with E-state index in [0.717, 1.165) is 0 Å². The Morgan fingerprint density at radius 3 is 2.46 bits per heavy atom. The molecule has 3 fully saturated rings. The van der Waals surface area contributed by atoms with Gasteiger partial charge in [-0.3, -0.25) is 0 Å². The number of hydrogen-bond donors (Lipinski definition) is 1. The first-order valence-corrected chi connectivity index (χ1v) is 8.52. The Labute approximate surface area is 140 Å². The third kappa shape index (κ3) is 2.75. The lowest BCUT2D eigenvalue weighted by atomic mass is 9.81. The second-order valence-corrected chi connectivity index (χ2v) is 6.65. The van der Waals surface area contributed by atoms with Crippen LogP contribution in [-0.4, -0.2) is 43.0 Å². The highest BCUT2D eigenvalue weighted by atomic mass is 16.6. The van der Waals surface area contributed by atoms with E-state index >= 15 is 0 Å². The van der Waals surface area contributed by atoms with Crippen LogP contribution in [0.15, 0.2) is 30.3 Å². The molecule has 1 aromatic carbocycles. The number of nitrogens with one attached hydrogen (secondary N) is 1. The van der Waals surface area contributed by atoms with E-state index in [1.807, 2.05) is 18.2 Å². The number of hydrogen-bond acceptors (Lipinski definition) is 5. The molecule has 0 aromatic heterocycles. The van der Waals surface area contributed by atoms with Gasteiger partial charge in [-0.2, -0.15) is 0 Å². The Morgan fingerprint density at radius 2 is 1.83 bits per heavy atom. The van der Waals surface area contributed by atoms with Gasteiger partial charge >= 0.3 is 12.1 Å². The summed E-state index contributed by atoms with van der Waals surface area (Å²) in [4.78, 5) is 24.0. The molecule has 1 N–H and O–H groups in total. The van der Waals surface area contributed by atoms with Crippen molar-refractivity contribution in [2.75, 3.05) is 6.61 Å². The summed E-state index contributed by atoms with van der Waals surface area (Å²) < 4.78 is 16.4. The van der Waals surface area contributed by atoms with Crippen LogP contribution in [0.1, 0.15) is 30.1 Å². The number of ether oxygens (including phenoxy) is 3. The van der Waals surface area contributed by atoms with Gasteiger partial charge in [0.2, 0.25) is 0 Å².